The molecule has 3 N–H and O–H groups in total. The largest absolute Gasteiger partial charge is 0.493 e. The minimum absolute atomic E-state index is 0.0830. The second kappa shape index (κ2) is 14.3. The highest BCUT2D eigenvalue weighted by Gasteiger charge is 2.23. The van der Waals surface area contributed by atoms with E-state index in [1.807, 2.05) is 30.5 Å². The molecule has 2 aromatic carbocycles. The van der Waals surface area contributed by atoms with Crippen LogP contribution in [-0.4, -0.2) is 45.0 Å². The molecule has 0 saturated carbocycles. The van der Waals surface area contributed by atoms with Crippen molar-refractivity contribution in [3.05, 3.63) is 81.0 Å². The molecule has 0 aliphatic carbocycles. The summed E-state index contributed by atoms with van der Waals surface area (Å²) in [6.07, 6.45) is 6.95. The highest BCUT2D eigenvalue weighted by Crippen LogP contribution is 2.25. The molecule has 1 heterocycles. The first-order valence-electron chi connectivity index (χ1n) is 12.2. The summed E-state index contributed by atoms with van der Waals surface area (Å²) in [5.41, 5.74) is 8.03. The number of carbonyl (C=O) groups is 1. The maximum Gasteiger partial charge on any atom is 0.241 e. The normalized spacial score (nSPS) is 12.1. The standard InChI is InChI=1S/C28H32ClN3O4S2/c1-3-14-31-38(34,35)25-10-7-21(8-11-25)13-15-32(28(33)26(30)19-24-6-5-17-37-24)20-22-18-23(29)9-12-27(22)36-16-4-2/h1,5-12,17-18,26,31H,4,13-16,19-20,30H2,2H3/t26-/m0/s1. The van der Waals surface area contributed by atoms with E-state index < -0.39 is 16.1 Å². The molecule has 10 heteroatoms. The van der Waals surface area contributed by atoms with Crippen molar-refractivity contribution in [3.8, 4) is 18.1 Å². The van der Waals surface area contributed by atoms with E-state index >= 15 is 0 Å². The van der Waals surface area contributed by atoms with E-state index in [0.717, 1.165) is 22.4 Å². The van der Waals surface area contributed by atoms with Crippen LogP contribution in [0.4, 0.5) is 0 Å². The molecule has 1 aromatic heterocycles. The number of terminal acetylenes is 1. The average Bonchev–Trinajstić information content (AvgIpc) is 3.42. The Kier molecular flexibility index (Phi) is 11.2. The Balaban J connectivity index is 1.79. The van der Waals surface area contributed by atoms with Crippen LogP contribution in [0.15, 0.2) is 64.9 Å². The van der Waals surface area contributed by atoms with Gasteiger partial charge in [0, 0.05) is 35.0 Å². The van der Waals surface area contributed by atoms with Crippen LogP contribution in [0.1, 0.15) is 29.3 Å². The second-order valence-electron chi connectivity index (χ2n) is 8.67. The number of carbonyl (C=O) groups excluding carboxylic acids is 1. The summed E-state index contributed by atoms with van der Waals surface area (Å²) in [6, 6.07) is 15.1. The molecule has 0 aliphatic heterocycles. The number of amides is 1. The van der Waals surface area contributed by atoms with Gasteiger partial charge in [-0.2, -0.15) is 4.72 Å². The van der Waals surface area contributed by atoms with Gasteiger partial charge in [0.05, 0.1) is 24.1 Å². The molecule has 7 nitrogen and oxygen atoms in total. The summed E-state index contributed by atoms with van der Waals surface area (Å²) in [4.78, 5) is 16.4. The van der Waals surface area contributed by atoms with Crippen LogP contribution < -0.4 is 15.2 Å². The third-order valence-electron chi connectivity index (χ3n) is 5.74. The lowest BCUT2D eigenvalue weighted by Gasteiger charge is -2.27. The van der Waals surface area contributed by atoms with Gasteiger partial charge >= 0.3 is 0 Å². The molecule has 38 heavy (non-hydrogen) atoms. The van der Waals surface area contributed by atoms with Crippen molar-refractivity contribution in [2.75, 3.05) is 19.7 Å². The van der Waals surface area contributed by atoms with Gasteiger partial charge in [-0.15, -0.1) is 17.8 Å². The Bertz CT molecular complexity index is 1340. The summed E-state index contributed by atoms with van der Waals surface area (Å²) >= 11 is 7.84. The van der Waals surface area contributed by atoms with Gasteiger partial charge in [-0.25, -0.2) is 8.42 Å². The molecule has 3 aromatic rings. The molecular formula is C28H32ClN3O4S2. The minimum atomic E-state index is -3.68. The number of rotatable bonds is 14. The predicted octanol–water partition coefficient (Wildman–Crippen LogP) is 4.24. The van der Waals surface area contributed by atoms with Gasteiger partial charge in [0.2, 0.25) is 15.9 Å². The van der Waals surface area contributed by atoms with E-state index in [1.54, 1.807) is 40.5 Å². The minimum Gasteiger partial charge on any atom is -0.493 e. The van der Waals surface area contributed by atoms with E-state index in [2.05, 4.69) is 10.6 Å². The van der Waals surface area contributed by atoms with Gasteiger partial charge in [0.25, 0.3) is 0 Å². The van der Waals surface area contributed by atoms with Crippen LogP contribution in [-0.2, 0) is 34.2 Å². The molecule has 202 valence electrons. The van der Waals surface area contributed by atoms with Crippen molar-refractivity contribution < 1.29 is 17.9 Å². The van der Waals surface area contributed by atoms with Crippen molar-refractivity contribution >= 4 is 38.9 Å². The molecule has 0 saturated heterocycles. The molecule has 0 aliphatic rings. The van der Waals surface area contributed by atoms with Crippen molar-refractivity contribution in [1.29, 1.82) is 0 Å². The average molecular weight is 574 g/mol. The number of sulfonamides is 1. The highest BCUT2D eigenvalue weighted by molar-refractivity contribution is 7.89. The summed E-state index contributed by atoms with van der Waals surface area (Å²) < 4.78 is 32.9. The zero-order chi connectivity index (χ0) is 27.5. The molecule has 1 amide bonds. The lowest BCUT2D eigenvalue weighted by molar-refractivity contribution is -0.133. The maximum absolute atomic E-state index is 13.5. The Hall–Kier alpha value is -2.87. The zero-order valence-electron chi connectivity index (χ0n) is 21.2. The summed E-state index contributed by atoms with van der Waals surface area (Å²) in [6.45, 7) is 3.14. The number of nitrogens with two attached hydrogens (primary N) is 1. The fourth-order valence-corrected chi connectivity index (χ4v) is 5.68. The zero-order valence-corrected chi connectivity index (χ0v) is 23.6. The lowest BCUT2D eigenvalue weighted by atomic mass is 10.1. The van der Waals surface area contributed by atoms with E-state index in [1.165, 1.54) is 12.1 Å². The van der Waals surface area contributed by atoms with Gasteiger partial charge in [0.1, 0.15) is 5.75 Å². The Morgan fingerprint density at radius 1 is 1.24 bits per heavy atom. The third-order valence-corrected chi connectivity index (χ3v) is 8.29. The van der Waals surface area contributed by atoms with Crippen LogP contribution in [0.25, 0.3) is 0 Å². The summed E-state index contributed by atoms with van der Waals surface area (Å²) in [5, 5.41) is 2.51. The predicted molar refractivity (Wildman–Crippen MR) is 153 cm³/mol. The Labute approximate surface area is 234 Å². The molecule has 0 fully saturated rings. The van der Waals surface area contributed by atoms with Crippen LogP contribution in [0.2, 0.25) is 5.02 Å². The van der Waals surface area contributed by atoms with Crippen LogP contribution >= 0.6 is 22.9 Å². The number of ether oxygens (including phenoxy) is 1. The lowest BCUT2D eigenvalue weighted by Crippen LogP contribution is -2.45. The first kappa shape index (κ1) is 29.7. The third kappa shape index (κ3) is 8.58. The number of hydrogen-bond donors (Lipinski definition) is 2. The summed E-state index contributed by atoms with van der Waals surface area (Å²) in [7, 11) is -3.68. The van der Waals surface area contributed by atoms with Gasteiger partial charge in [-0.05, 0) is 60.2 Å². The fourth-order valence-electron chi connectivity index (χ4n) is 3.78. The maximum atomic E-state index is 13.5. The van der Waals surface area contributed by atoms with E-state index in [-0.39, 0.29) is 23.9 Å². The van der Waals surface area contributed by atoms with Crippen molar-refractivity contribution in [1.82, 2.24) is 9.62 Å². The van der Waals surface area contributed by atoms with Crippen molar-refractivity contribution in [3.63, 3.8) is 0 Å². The van der Waals surface area contributed by atoms with Gasteiger partial charge in [0.15, 0.2) is 0 Å². The first-order valence-corrected chi connectivity index (χ1v) is 15.0. The molecule has 0 radical (unpaired) electrons. The van der Waals surface area contributed by atoms with Gasteiger partial charge < -0.3 is 15.4 Å². The smallest absolute Gasteiger partial charge is 0.241 e. The van der Waals surface area contributed by atoms with Crippen molar-refractivity contribution in [2.45, 2.75) is 43.7 Å². The van der Waals surface area contributed by atoms with Crippen LogP contribution in [0.5, 0.6) is 5.75 Å². The Morgan fingerprint density at radius 2 is 2.00 bits per heavy atom. The number of nitrogens with zero attached hydrogens (tertiary/aromatic N) is 1. The quantitative estimate of drug-likeness (QED) is 0.281. The molecule has 0 spiro atoms. The molecule has 1 atom stereocenters. The molecular weight excluding hydrogens is 542 g/mol. The monoisotopic (exact) mass is 573 g/mol. The number of halogens is 1. The fraction of sp³-hybridized carbons (Fsp3) is 0.321. The molecule has 0 bridgehead atoms. The SMILES string of the molecule is C#CCNS(=O)(=O)c1ccc(CCN(Cc2cc(Cl)ccc2OCCC)C(=O)[C@@H](N)Cc2cccs2)cc1. The van der Waals surface area contributed by atoms with Gasteiger partial charge in [-0.1, -0.05) is 42.6 Å². The second-order valence-corrected chi connectivity index (χ2v) is 11.9. The molecule has 0 unspecified atom stereocenters. The Morgan fingerprint density at radius 3 is 2.66 bits per heavy atom. The topological polar surface area (TPSA) is 102 Å². The first-order chi connectivity index (χ1) is 18.2. The number of thiophene rings is 1. The van der Waals surface area contributed by atoms with Gasteiger partial charge in [-0.3, -0.25) is 4.79 Å². The van der Waals surface area contributed by atoms with Crippen LogP contribution in [0, 0.1) is 12.3 Å². The van der Waals surface area contributed by atoms with E-state index in [4.69, 9.17) is 28.5 Å². The molecule has 3 rings (SSSR count). The number of benzene rings is 2. The van der Waals surface area contributed by atoms with Crippen molar-refractivity contribution in [2.24, 2.45) is 5.73 Å². The van der Waals surface area contributed by atoms with E-state index in [9.17, 15) is 13.2 Å². The highest BCUT2D eigenvalue weighted by atomic mass is 35.5. The summed E-state index contributed by atoms with van der Waals surface area (Å²) in [5.74, 6) is 2.75. The number of nitrogens with one attached hydrogen (secondary N) is 1. The van der Waals surface area contributed by atoms with Crippen LogP contribution in [0.3, 0.4) is 0 Å². The van der Waals surface area contributed by atoms with E-state index in [0.29, 0.717) is 36.8 Å². The number of hydrogen-bond acceptors (Lipinski definition) is 6.